The predicted molar refractivity (Wildman–Crippen MR) is 168 cm³/mol. The van der Waals surface area contributed by atoms with Crippen LogP contribution in [0.3, 0.4) is 0 Å². The molecule has 1 N–H and O–H groups in total. The molecule has 4 heterocycles. The van der Waals surface area contributed by atoms with Gasteiger partial charge in [-0.25, -0.2) is 0 Å². The Hall–Kier alpha value is -3.79. The third-order valence-electron chi connectivity index (χ3n) is 13.1. The number of methoxy groups -OCH3 is 3. The number of ether oxygens (including phenoxy) is 5. The van der Waals surface area contributed by atoms with Crippen molar-refractivity contribution in [1.29, 1.82) is 0 Å². The first kappa shape index (κ1) is 27.3. The van der Waals surface area contributed by atoms with Crippen molar-refractivity contribution in [3.05, 3.63) is 81.7 Å². The molecule has 4 aliphatic carbocycles. The molecule has 4 aliphatic heterocycles. The van der Waals surface area contributed by atoms with E-state index < -0.39 is 22.5 Å². The third kappa shape index (κ3) is 2.74. The molecule has 238 valence electrons. The number of nitrogens with zero attached hydrogens (tertiary/aromatic N) is 2. The maximum absolute atomic E-state index is 15.1. The zero-order valence-electron chi connectivity index (χ0n) is 26.8. The maximum Gasteiger partial charge on any atom is 0.201 e. The summed E-state index contributed by atoms with van der Waals surface area (Å²) in [5.74, 6) is 3.41. The third-order valence-corrected chi connectivity index (χ3v) is 13.1. The van der Waals surface area contributed by atoms with Gasteiger partial charge in [0.15, 0.2) is 35.2 Å². The number of allylic oxidation sites excluding steroid dienone is 2. The van der Waals surface area contributed by atoms with Gasteiger partial charge < -0.3 is 28.8 Å². The minimum absolute atomic E-state index is 0.0347. The fraction of sp³-hybridized carbons (Fsp3) is 0.486. The first-order chi connectivity index (χ1) is 22.2. The number of benzene rings is 2. The number of aliphatic hydroxyl groups is 1. The molecule has 2 saturated heterocycles. The Balaban J connectivity index is 1.18. The Morgan fingerprint density at radius 3 is 2.28 bits per heavy atom. The number of Topliss-reactive ketones (excluding diaryl/α,β-unsaturated/α-hetero) is 1. The van der Waals surface area contributed by atoms with Crippen molar-refractivity contribution in [2.75, 3.05) is 42.0 Å². The maximum atomic E-state index is 15.1. The Labute approximate surface area is 268 Å². The van der Waals surface area contributed by atoms with Crippen LogP contribution in [-0.4, -0.2) is 98.6 Å². The van der Waals surface area contributed by atoms with Crippen molar-refractivity contribution in [3.8, 4) is 23.0 Å². The summed E-state index contributed by atoms with van der Waals surface area (Å²) in [5, 5.41) is 13.2. The second-order valence-corrected chi connectivity index (χ2v) is 14.4. The molecule has 0 amide bonds. The van der Waals surface area contributed by atoms with Crippen LogP contribution >= 0.6 is 0 Å². The average molecular weight is 623 g/mol. The Morgan fingerprint density at radius 1 is 0.870 bits per heavy atom. The lowest BCUT2D eigenvalue weighted by atomic mass is 9.49. The highest BCUT2D eigenvalue weighted by atomic mass is 16.6. The summed E-state index contributed by atoms with van der Waals surface area (Å²) in [5.41, 5.74) is 3.70. The van der Waals surface area contributed by atoms with Gasteiger partial charge in [0.2, 0.25) is 5.78 Å². The van der Waals surface area contributed by atoms with E-state index in [1.165, 1.54) is 11.1 Å². The molecule has 8 unspecified atom stereocenters. The van der Waals surface area contributed by atoms with Gasteiger partial charge in [-0.05, 0) is 87.3 Å². The normalized spacial score (nSPS) is 38.9. The smallest absolute Gasteiger partial charge is 0.201 e. The van der Waals surface area contributed by atoms with E-state index in [4.69, 9.17) is 23.7 Å². The van der Waals surface area contributed by atoms with Crippen LogP contribution in [0.4, 0.5) is 0 Å². The van der Waals surface area contributed by atoms with Crippen molar-refractivity contribution in [2.24, 2.45) is 0 Å². The second-order valence-electron chi connectivity index (χ2n) is 14.4. The summed E-state index contributed by atoms with van der Waals surface area (Å²) in [7, 11) is 9.21. The summed E-state index contributed by atoms with van der Waals surface area (Å²) >= 11 is 0. The molecule has 9 nitrogen and oxygen atoms in total. The molecule has 8 atom stereocenters. The number of rotatable bonds is 4. The largest absolute Gasteiger partial charge is 0.497 e. The number of hydrogen-bond acceptors (Lipinski definition) is 9. The van der Waals surface area contributed by atoms with Crippen LogP contribution in [0, 0.1) is 0 Å². The molecule has 2 spiro atoms. The molecule has 10 rings (SSSR count). The van der Waals surface area contributed by atoms with E-state index in [1.54, 1.807) is 21.3 Å². The summed E-state index contributed by atoms with van der Waals surface area (Å²) in [6.07, 6.45) is 7.67. The summed E-state index contributed by atoms with van der Waals surface area (Å²) < 4.78 is 31.1. The fourth-order valence-corrected chi connectivity index (χ4v) is 11.1. The number of carbonyl (C=O) groups is 1. The van der Waals surface area contributed by atoms with Gasteiger partial charge in [-0.3, -0.25) is 14.6 Å². The highest BCUT2D eigenvalue weighted by Crippen LogP contribution is 2.67. The van der Waals surface area contributed by atoms with Gasteiger partial charge in [0.25, 0.3) is 0 Å². The van der Waals surface area contributed by atoms with Gasteiger partial charge in [-0.15, -0.1) is 0 Å². The van der Waals surface area contributed by atoms with E-state index >= 15 is 4.79 Å². The molecule has 2 aromatic carbocycles. The highest BCUT2D eigenvalue weighted by molar-refractivity contribution is 6.04. The number of likely N-dealkylation sites (tertiary alicyclic amines) is 2. The molecule has 8 aliphatic rings. The monoisotopic (exact) mass is 622 g/mol. The lowest BCUT2D eigenvalue weighted by Crippen LogP contribution is -2.76. The van der Waals surface area contributed by atoms with Crippen LogP contribution in [0.2, 0.25) is 0 Å². The summed E-state index contributed by atoms with van der Waals surface area (Å²) in [4.78, 5) is 19.7. The van der Waals surface area contributed by atoms with Crippen LogP contribution in [-0.2, 0) is 33.2 Å². The van der Waals surface area contributed by atoms with Crippen molar-refractivity contribution in [2.45, 2.75) is 72.4 Å². The van der Waals surface area contributed by atoms with Crippen molar-refractivity contribution < 1.29 is 33.6 Å². The second kappa shape index (κ2) is 8.56. The first-order valence-electron chi connectivity index (χ1n) is 16.3. The molecular formula is C37H38N2O7. The Bertz CT molecular complexity index is 1880. The minimum atomic E-state index is -1.30. The topological polar surface area (TPSA) is 89.9 Å². The molecule has 4 bridgehead atoms. The van der Waals surface area contributed by atoms with Crippen LogP contribution in [0.1, 0.15) is 35.1 Å². The number of ketones is 1. The molecule has 2 aromatic rings. The summed E-state index contributed by atoms with van der Waals surface area (Å²) in [6, 6.07) is 7.75. The zero-order chi connectivity index (χ0) is 31.5. The van der Waals surface area contributed by atoms with Crippen molar-refractivity contribution in [3.63, 3.8) is 0 Å². The quantitative estimate of drug-likeness (QED) is 0.553. The van der Waals surface area contributed by atoms with Gasteiger partial charge in [0.1, 0.15) is 11.4 Å². The average Bonchev–Trinajstić information content (AvgIpc) is 3.59. The number of hydrogen-bond donors (Lipinski definition) is 1. The Kier molecular flexibility index (Phi) is 5.09. The molecule has 0 aromatic heterocycles. The minimum Gasteiger partial charge on any atom is -0.497 e. The van der Waals surface area contributed by atoms with Crippen LogP contribution in [0.25, 0.3) is 0 Å². The lowest BCUT2D eigenvalue weighted by molar-refractivity contribution is -0.154. The Morgan fingerprint density at radius 2 is 1.57 bits per heavy atom. The molecule has 46 heavy (non-hydrogen) atoms. The molecule has 0 saturated carbocycles. The lowest BCUT2D eigenvalue weighted by Gasteiger charge is -2.62. The van der Waals surface area contributed by atoms with E-state index in [1.807, 2.05) is 24.3 Å². The van der Waals surface area contributed by atoms with Gasteiger partial charge in [0.05, 0.1) is 32.2 Å². The van der Waals surface area contributed by atoms with Gasteiger partial charge in [0, 0.05) is 34.8 Å². The fourth-order valence-electron chi connectivity index (χ4n) is 11.1. The number of carbonyl (C=O) groups excluding carboxylic acids is 1. The summed E-state index contributed by atoms with van der Waals surface area (Å²) in [6.45, 7) is 0.772. The van der Waals surface area contributed by atoms with E-state index in [0.29, 0.717) is 42.1 Å². The predicted octanol–water partition coefficient (Wildman–Crippen LogP) is 3.00. The van der Waals surface area contributed by atoms with Crippen LogP contribution in [0.5, 0.6) is 23.0 Å². The molecule has 0 radical (unpaired) electrons. The first-order valence-corrected chi connectivity index (χ1v) is 16.3. The number of piperidine rings is 2. The van der Waals surface area contributed by atoms with E-state index in [9.17, 15) is 5.11 Å². The van der Waals surface area contributed by atoms with Gasteiger partial charge >= 0.3 is 0 Å². The standard InChI is InChI=1S/C37H38N2O7/c1-38-13-12-36-29-19-7-10-25(43-4)32(29)46-34(36)30(40)20(16-37(36,41)27(38)15-19)23-17-35-21-8-11-26(44-5)33(35)45-31-24(42-3)9-6-18(28(31)35)14-22(21)39(23)2/h6-11,16,22-23,27,33-34,41H,12-15,17H2,1-5H3. The molecule has 2 fully saturated rings. The highest BCUT2D eigenvalue weighted by Gasteiger charge is 2.74. The van der Waals surface area contributed by atoms with Crippen LogP contribution < -0.4 is 18.9 Å². The van der Waals surface area contributed by atoms with E-state index in [2.05, 4.69) is 42.1 Å². The van der Waals surface area contributed by atoms with E-state index in [-0.39, 0.29) is 30.0 Å². The van der Waals surface area contributed by atoms with Crippen LogP contribution in [0.15, 0.2) is 59.4 Å². The van der Waals surface area contributed by atoms with Crippen molar-refractivity contribution >= 4 is 5.78 Å². The van der Waals surface area contributed by atoms with E-state index in [0.717, 1.165) is 41.2 Å². The molecule has 9 heteroatoms. The SMILES string of the molecule is COC1=CC=C2C3Cc4ccc(OC)c5c4C2(CC(C2=CC4(O)C6Cc7ccc(OC)c8c7C4(CCN6C)C(O8)C2=O)N3C)C1O5. The zero-order valence-corrected chi connectivity index (χ0v) is 26.8. The molecular weight excluding hydrogens is 584 g/mol. The van der Waals surface area contributed by atoms with Gasteiger partial charge in [-0.1, -0.05) is 18.2 Å². The number of likely N-dealkylation sites (N-methyl/N-ethyl adjacent to an activating group) is 2. The van der Waals surface area contributed by atoms with Crippen molar-refractivity contribution in [1.82, 2.24) is 9.80 Å². The van der Waals surface area contributed by atoms with Gasteiger partial charge in [-0.2, -0.15) is 0 Å².